The zero-order chi connectivity index (χ0) is 21.8. The highest BCUT2D eigenvalue weighted by molar-refractivity contribution is 5.75. The van der Waals surface area contributed by atoms with Gasteiger partial charge in [-0.15, -0.1) is 0 Å². The Hall–Kier alpha value is -3.60. The lowest BCUT2D eigenvalue weighted by atomic mass is 9.96. The molecule has 0 bridgehead atoms. The lowest BCUT2D eigenvalue weighted by Crippen LogP contribution is -2.15. The summed E-state index contributed by atoms with van der Waals surface area (Å²) < 4.78 is 39.1. The molecular formula is C26H21F3N2. The fraction of sp³-hybridized carbons (Fsp3) is 0.115. The van der Waals surface area contributed by atoms with Crippen molar-refractivity contribution in [1.82, 2.24) is 4.98 Å². The Bertz CT molecular complexity index is 1140. The van der Waals surface area contributed by atoms with Crippen molar-refractivity contribution in [3.05, 3.63) is 119 Å². The summed E-state index contributed by atoms with van der Waals surface area (Å²) in [5.41, 5.74) is 4.04. The molecule has 3 aromatic carbocycles. The number of alkyl halides is 3. The van der Waals surface area contributed by atoms with E-state index in [1.165, 1.54) is 12.1 Å². The van der Waals surface area contributed by atoms with Crippen LogP contribution in [0.3, 0.4) is 0 Å². The molecule has 0 radical (unpaired) electrons. The lowest BCUT2D eigenvalue weighted by Gasteiger charge is -2.23. The first-order valence-corrected chi connectivity index (χ1v) is 9.92. The summed E-state index contributed by atoms with van der Waals surface area (Å²) in [7, 11) is 0. The van der Waals surface area contributed by atoms with Crippen LogP contribution in [0.25, 0.3) is 11.1 Å². The van der Waals surface area contributed by atoms with Crippen LogP contribution in [0, 0.1) is 6.92 Å². The van der Waals surface area contributed by atoms with Gasteiger partial charge in [0.25, 0.3) is 0 Å². The highest BCUT2D eigenvalue weighted by atomic mass is 19.4. The van der Waals surface area contributed by atoms with Crippen molar-refractivity contribution in [2.24, 2.45) is 0 Å². The lowest BCUT2D eigenvalue weighted by molar-refractivity contribution is -0.137. The molecule has 0 fully saturated rings. The molecule has 2 nitrogen and oxygen atoms in total. The maximum Gasteiger partial charge on any atom is 0.416 e. The molecule has 1 N–H and O–H groups in total. The van der Waals surface area contributed by atoms with Crippen molar-refractivity contribution < 1.29 is 13.2 Å². The maximum absolute atomic E-state index is 13.0. The summed E-state index contributed by atoms with van der Waals surface area (Å²) in [6.45, 7) is 2.00. The van der Waals surface area contributed by atoms with Crippen LogP contribution in [-0.4, -0.2) is 4.98 Å². The quantitative estimate of drug-likeness (QED) is 0.368. The molecule has 1 heterocycles. The third-order valence-electron chi connectivity index (χ3n) is 5.16. The van der Waals surface area contributed by atoms with Crippen molar-refractivity contribution in [1.29, 1.82) is 0 Å². The van der Waals surface area contributed by atoms with Gasteiger partial charge in [0.15, 0.2) is 0 Å². The molecular weight excluding hydrogens is 397 g/mol. The van der Waals surface area contributed by atoms with E-state index in [9.17, 15) is 13.2 Å². The number of benzene rings is 3. The second-order valence-electron chi connectivity index (χ2n) is 7.37. The van der Waals surface area contributed by atoms with Gasteiger partial charge in [0.1, 0.15) is 5.82 Å². The molecule has 4 rings (SSSR count). The van der Waals surface area contributed by atoms with Gasteiger partial charge in [-0.25, -0.2) is 4.98 Å². The van der Waals surface area contributed by atoms with E-state index >= 15 is 0 Å². The predicted molar refractivity (Wildman–Crippen MR) is 118 cm³/mol. The molecule has 1 aromatic heterocycles. The summed E-state index contributed by atoms with van der Waals surface area (Å²) in [5, 5.41) is 3.46. The van der Waals surface area contributed by atoms with Gasteiger partial charge in [-0.1, -0.05) is 72.3 Å². The minimum absolute atomic E-state index is 0.361. The van der Waals surface area contributed by atoms with Crippen LogP contribution in [0.15, 0.2) is 97.2 Å². The van der Waals surface area contributed by atoms with Crippen molar-refractivity contribution in [3.8, 4) is 11.1 Å². The summed E-state index contributed by atoms with van der Waals surface area (Å²) in [5.74, 6) is 0.666. The monoisotopic (exact) mass is 418 g/mol. The Labute approximate surface area is 179 Å². The van der Waals surface area contributed by atoms with Gasteiger partial charge in [-0.2, -0.15) is 13.2 Å². The number of nitrogens with zero attached hydrogens (tertiary/aromatic N) is 1. The van der Waals surface area contributed by atoms with E-state index in [1.807, 2.05) is 73.7 Å². The Morgan fingerprint density at radius 1 is 0.742 bits per heavy atom. The molecule has 0 saturated carbocycles. The fourth-order valence-electron chi connectivity index (χ4n) is 3.49. The van der Waals surface area contributed by atoms with E-state index in [1.54, 1.807) is 6.20 Å². The van der Waals surface area contributed by atoms with Crippen LogP contribution < -0.4 is 5.32 Å². The van der Waals surface area contributed by atoms with Crippen LogP contribution in [-0.2, 0) is 6.18 Å². The highest BCUT2D eigenvalue weighted by Crippen LogP contribution is 2.34. The zero-order valence-electron chi connectivity index (χ0n) is 16.9. The molecule has 156 valence electrons. The van der Waals surface area contributed by atoms with E-state index in [-0.39, 0.29) is 6.04 Å². The predicted octanol–water partition coefficient (Wildman–Crippen LogP) is 7.28. The number of nitrogens with one attached hydrogen (secondary N) is 1. The average molecular weight is 418 g/mol. The molecule has 0 amide bonds. The smallest absolute Gasteiger partial charge is 0.359 e. The minimum Gasteiger partial charge on any atom is -0.359 e. The number of halogens is 3. The number of anilines is 1. The van der Waals surface area contributed by atoms with E-state index in [0.29, 0.717) is 5.82 Å². The van der Waals surface area contributed by atoms with Crippen molar-refractivity contribution in [2.75, 3.05) is 5.32 Å². The third-order valence-corrected chi connectivity index (χ3v) is 5.16. The van der Waals surface area contributed by atoms with E-state index in [0.717, 1.165) is 39.9 Å². The van der Waals surface area contributed by atoms with Gasteiger partial charge in [0.05, 0.1) is 11.6 Å². The number of pyridine rings is 1. The van der Waals surface area contributed by atoms with Crippen LogP contribution in [0.1, 0.15) is 28.3 Å². The van der Waals surface area contributed by atoms with Crippen LogP contribution >= 0.6 is 0 Å². The van der Waals surface area contributed by atoms with E-state index in [2.05, 4.69) is 10.3 Å². The molecule has 1 unspecified atom stereocenters. The third kappa shape index (κ3) is 4.77. The van der Waals surface area contributed by atoms with Gasteiger partial charge < -0.3 is 5.32 Å². The summed E-state index contributed by atoms with van der Waals surface area (Å²) in [4.78, 5) is 4.53. The standard InChI is InChI=1S/C26H21F3N2/c1-18-9-11-20(12-10-18)24(21-13-15-22(16-14-21)26(27,28)29)31-25-23(8-5-17-30-25)19-6-3-2-4-7-19/h2-17,24H,1H3,(H,30,31). The Kier molecular flexibility index (Phi) is 5.76. The van der Waals surface area contributed by atoms with Gasteiger partial charge in [0.2, 0.25) is 0 Å². The minimum atomic E-state index is -4.37. The summed E-state index contributed by atoms with van der Waals surface area (Å²) in [6, 6.07) is 26.6. The molecule has 5 heteroatoms. The summed E-state index contributed by atoms with van der Waals surface area (Å²) >= 11 is 0. The largest absolute Gasteiger partial charge is 0.416 e. The number of aryl methyl sites for hydroxylation is 1. The van der Waals surface area contributed by atoms with E-state index in [4.69, 9.17) is 0 Å². The molecule has 1 atom stereocenters. The van der Waals surface area contributed by atoms with Crippen LogP contribution in [0.5, 0.6) is 0 Å². The van der Waals surface area contributed by atoms with Crippen molar-refractivity contribution in [3.63, 3.8) is 0 Å². The van der Waals surface area contributed by atoms with Crippen LogP contribution in [0.2, 0.25) is 0 Å². The topological polar surface area (TPSA) is 24.9 Å². The first-order chi connectivity index (χ1) is 14.9. The molecule has 31 heavy (non-hydrogen) atoms. The van der Waals surface area contributed by atoms with Crippen molar-refractivity contribution in [2.45, 2.75) is 19.1 Å². The number of hydrogen-bond donors (Lipinski definition) is 1. The second-order valence-corrected chi connectivity index (χ2v) is 7.37. The summed E-state index contributed by atoms with van der Waals surface area (Å²) in [6.07, 6.45) is -2.67. The Morgan fingerprint density at radius 2 is 1.35 bits per heavy atom. The maximum atomic E-state index is 13.0. The Balaban J connectivity index is 1.76. The molecule has 4 aromatic rings. The molecule has 0 saturated heterocycles. The van der Waals surface area contributed by atoms with Crippen molar-refractivity contribution >= 4 is 5.82 Å². The molecule has 0 aliphatic heterocycles. The molecule has 0 aliphatic rings. The highest BCUT2D eigenvalue weighted by Gasteiger charge is 2.30. The van der Waals surface area contributed by atoms with E-state index < -0.39 is 11.7 Å². The molecule has 0 aliphatic carbocycles. The molecule has 0 spiro atoms. The Morgan fingerprint density at radius 3 is 1.97 bits per heavy atom. The first-order valence-electron chi connectivity index (χ1n) is 9.92. The van der Waals surface area contributed by atoms with Crippen LogP contribution in [0.4, 0.5) is 19.0 Å². The normalized spacial score (nSPS) is 12.4. The SMILES string of the molecule is Cc1ccc(C(Nc2ncccc2-c2ccccc2)c2ccc(C(F)(F)F)cc2)cc1. The number of aromatic nitrogens is 1. The van der Waals surface area contributed by atoms with Gasteiger partial charge in [-0.05, 0) is 47.9 Å². The van der Waals surface area contributed by atoms with Gasteiger partial charge >= 0.3 is 6.18 Å². The van der Waals surface area contributed by atoms with Gasteiger partial charge in [0, 0.05) is 11.8 Å². The second kappa shape index (κ2) is 8.64. The number of hydrogen-bond acceptors (Lipinski definition) is 2. The first kappa shape index (κ1) is 20.7. The number of rotatable bonds is 5. The zero-order valence-corrected chi connectivity index (χ0v) is 16.9. The van der Waals surface area contributed by atoms with Gasteiger partial charge in [-0.3, -0.25) is 0 Å². The fourth-order valence-corrected chi connectivity index (χ4v) is 3.49. The average Bonchev–Trinajstić information content (AvgIpc) is 2.79.